The summed E-state index contributed by atoms with van der Waals surface area (Å²) in [5, 5.41) is 4.74. The number of fused-ring (bicyclic) bond motifs is 1. The van der Waals surface area contributed by atoms with Gasteiger partial charge in [0.05, 0.1) is 12.3 Å². The van der Waals surface area contributed by atoms with E-state index in [1.54, 1.807) is 13.2 Å². The lowest BCUT2D eigenvalue weighted by molar-refractivity contribution is -0.137. The molecule has 0 spiro atoms. The number of hydrogen-bond acceptors (Lipinski definition) is 5. The Bertz CT molecular complexity index is 844. The summed E-state index contributed by atoms with van der Waals surface area (Å²) in [5.41, 5.74) is 4.30. The van der Waals surface area contributed by atoms with Crippen molar-refractivity contribution >= 4 is 22.5 Å². The molecule has 0 radical (unpaired) electrons. The van der Waals surface area contributed by atoms with Crippen molar-refractivity contribution in [1.82, 2.24) is 9.97 Å². The lowest BCUT2D eigenvalue weighted by Gasteiger charge is -2.14. The first-order chi connectivity index (χ1) is 10.9. The predicted molar refractivity (Wildman–Crippen MR) is 79.7 cm³/mol. The van der Waals surface area contributed by atoms with Crippen LogP contribution in [0.25, 0.3) is 10.8 Å². The van der Waals surface area contributed by atoms with E-state index < -0.39 is 17.6 Å². The number of hydrogen-bond donors (Lipinski definition) is 2. The van der Waals surface area contributed by atoms with Crippen LogP contribution in [-0.2, 0) is 6.18 Å². The van der Waals surface area contributed by atoms with Gasteiger partial charge < -0.3 is 15.5 Å². The quantitative estimate of drug-likeness (QED) is 0.762. The van der Waals surface area contributed by atoms with E-state index in [4.69, 9.17) is 10.2 Å². The van der Waals surface area contributed by atoms with Gasteiger partial charge in [-0.3, -0.25) is 0 Å². The molecule has 5 nitrogen and oxygen atoms in total. The van der Waals surface area contributed by atoms with Gasteiger partial charge in [0, 0.05) is 17.0 Å². The summed E-state index contributed by atoms with van der Waals surface area (Å²) in [5.74, 6) is 0.0256. The van der Waals surface area contributed by atoms with Crippen LogP contribution in [0.3, 0.4) is 0 Å². The lowest BCUT2D eigenvalue weighted by atomic mass is 10.1. The third-order valence-corrected chi connectivity index (χ3v) is 3.40. The monoisotopic (exact) mass is 322 g/mol. The molecule has 0 aliphatic rings. The zero-order chi connectivity index (χ0) is 16.6. The number of anilines is 2. The van der Waals surface area contributed by atoms with Crippen LogP contribution in [0, 0.1) is 0 Å². The zero-order valence-electron chi connectivity index (χ0n) is 12.1. The smallest absolute Gasteiger partial charge is 0.421 e. The minimum atomic E-state index is -4.58. The fourth-order valence-electron chi connectivity index (χ4n) is 2.29. The van der Waals surface area contributed by atoms with E-state index >= 15 is 0 Å². The van der Waals surface area contributed by atoms with Crippen LogP contribution in [0.5, 0.6) is 0 Å². The molecular weight excluding hydrogens is 309 g/mol. The van der Waals surface area contributed by atoms with Crippen LogP contribution >= 0.6 is 0 Å². The number of alkyl halides is 3. The Morgan fingerprint density at radius 3 is 2.70 bits per heavy atom. The summed E-state index contributed by atoms with van der Waals surface area (Å²) < 4.78 is 43.5. The van der Waals surface area contributed by atoms with Crippen molar-refractivity contribution in [3.05, 3.63) is 48.0 Å². The Balaban J connectivity index is 1.86. The third kappa shape index (κ3) is 2.92. The Kier molecular flexibility index (Phi) is 3.59. The molecule has 1 aromatic carbocycles. The first kappa shape index (κ1) is 15.1. The summed E-state index contributed by atoms with van der Waals surface area (Å²) >= 11 is 0. The summed E-state index contributed by atoms with van der Waals surface area (Å²) in [6.45, 7) is 1.79. The molecule has 120 valence electrons. The Morgan fingerprint density at radius 1 is 1.26 bits per heavy atom. The molecule has 3 rings (SSSR count). The number of nitrogens with two attached hydrogens (primary N) is 1. The number of furan rings is 1. The highest BCUT2D eigenvalue weighted by molar-refractivity contribution is 5.84. The van der Waals surface area contributed by atoms with Crippen molar-refractivity contribution in [2.24, 2.45) is 0 Å². The van der Waals surface area contributed by atoms with Gasteiger partial charge in [-0.2, -0.15) is 18.2 Å². The molecule has 3 N–H and O–H groups in total. The van der Waals surface area contributed by atoms with Crippen LogP contribution in [0.15, 0.2) is 41.1 Å². The normalized spacial score (nSPS) is 13.2. The van der Waals surface area contributed by atoms with Gasteiger partial charge in [-0.15, -0.1) is 0 Å². The van der Waals surface area contributed by atoms with Gasteiger partial charge in [0.1, 0.15) is 17.1 Å². The molecule has 0 unspecified atom stereocenters. The number of nitrogens with one attached hydrogen (secondary N) is 1. The van der Waals surface area contributed by atoms with Crippen LogP contribution in [-0.4, -0.2) is 9.97 Å². The fourth-order valence-corrected chi connectivity index (χ4v) is 2.29. The van der Waals surface area contributed by atoms with Gasteiger partial charge >= 0.3 is 6.18 Å². The number of rotatable bonds is 3. The average Bonchev–Trinajstić information content (AvgIpc) is 2.90. The Hall–Kier alpha value is -2.77. The number of halogens is 3. The number of nitrogens with zero attached hydrogens (tertiary/aromatic N) is 2. The van der Waals surface area contributed by atoms with E-state index in [0.717, 1.165) is 10.8 Å². The topological polar surface area (TPSA) is 77.0 Å². The molecule has 8 heteroatoms. The van der Waals surface area contributed by atoms with E-state index in [-0.39, 0.29) is 12.0 Å². The minimum Gasteiger partial charge on any atom is -0.466 e. The van der Waals surface area contributed by atoms with Gasteiger partial charge in [0.2, 0.25) is 5.95 Å². The van der Waals surface area contributed by atoms with E-state index in [1.165, 1.54) is 0 Å². The maximum Gasteiger partial charge on any atom is 0.421 e. The molecule has 0 saturated heterocycles. The van der Waals surface area contributed by atoms with Crippen LogP contribution in [0.1, 0.15) is 24.3 Å². The molecule has 0 aliphatic heterocycles. The highest BCUT2D eigenvalue weighted by Crippen LogP contribution is 2.33. The van der Waals surface area contributed by atoms with E-state index in [0.29, 0.717) is 12.0 Å². The van der Waals surface area contributed by atoms with E-state index in [9.17, 15) is 13.2 Å². The van der Waals surface area contributed by atoms with Crippen molar-refractivity contribution < 1.29 is 17.6 Å². The molecule has 23 heavy (non-hydrogen) atoms. The third-order valence-electron chi connectivity index (χ3n) is 3.40. The molecule has 2 aromatic heterocycles. The molecule has 2 heterocycles. The van der Waals surface area contributed by atoms with Crippen molar-refractivity contribution in [1.29, 1.82) is 0 Å². The molecule has 0 fully saturated rings. The van der Waals surface area contributed by atoms with Gasteiger partial charge in [-0.1, -0.05) is 24.3 Å². The second-order valence-corrected chi connectivity index (χ2v) is 5.04. The van der Waals surface area contributed by atoms with Crippen molar-refractivity contribution in [3.8, 4) is 0 Å². The second-order valence-electron chi connectivity index (χ2n) is 5.04. The SMILES string of the molecule is C[C@@H](Nc1ncc(C(F)(F)F)c(N)n1)c1occ2ccccc12. The van der Waals surface area contributed by atoms with E-state index in [1.807, 2.05) is 24.3 Å². The summed E-state index contributed by atoms with van der Waals surface area (Å²) in [7, 11) is 0. The Labute approximate surface area is 129 Å². The van der Waals surface area contributed by atoms with Gasteiger partial charge in [-0.25, -0.2) is 4.98 Å². The Morgan fingerprint density at radius 2 is 2.00 bits per heavy atom. The predicted octanol–water partition coefficient (Wildman–Crippen LogP) is 4.00. The second kappa shape index (κ2) is 5.45. The molecule has 1 atom stereocenters. The van der Waals surface area contributed by atoms with Crippen molar-refractivity contribution in [2.45, 2.75) is 19.1 Å². The molecular formula is C15H13F3N4O. The summed E-state index contributed by atoms with van der Waals surface area (Å²) in [6.07, 6.45) is -2.30. The van der Waals surface area contributed by atoms with Crippen LogP contribution in [0.4, 0.5) is 24.9 Å². The molecule has 0 amide bonds. The number of nitrogen functional groups attached to an aromatic ring is 1. The maximum absolute atomic E-state index is 12.6. The van der Waals surface area contributed by atoms with Crippen molar-refractivity contribution in [2.75, 3.05) is 11.1 Å². The van der Waals surface area contributed by atoms with Crippen molar-refractivity contribution in [3.63, 3.8) is 0 Å². The van der Waals surface area contributed by atoms with Gasteiger partial charge in [0.15, 0.2) is 0 Å². The number of aromatic nitrogens is 2. The highest BCUT2D eigenvalue weighted by atomic mass is 19.4. The minimum absolute atomic E-state index is 0.00322. The lowest BCUT2D eigenvalue weighted by Crippen LogP contribution is -2.14. The van der Waals surface area contributed by atoms with Crippen LogP contribution in [0.2, 0.25) is 0 Å². The van der Waals surface area contributed by atoms with E-state index in [2.05, 4.69) is 15.3 Å². The molecule has 3 aromatic rings. The average molecular weight is 322 g/mol. The molecule has 0 aliphatic carbocycles. The first-order valence-corrected chi connectivity index (χ1v) is 6.78. The summed E-state index contributed by atoms with van der Waals surface area (Å²) in [4.78, 5) is 7.34. The largest absolute Gasteiger partial charge is 0.466 e. The molecule has 0 bridgehead atoms. The zero-order valence-corrected chi connectivity index (χ0v) is 12.1. The standard InChI is InChI=1S/C15H13F3N4O/c1-8(12-10-5-3-2-4-9(10)7-23-12)21-14-20-6-11(13(19)22-14)15(16,17)18/h2-8H,1H3,(H3,19,20,21,22)/t8-/m1/s1. The first-order valence-electron chi connectivity index (χ1n) is 6.78. The van der Waals surface area contributed by atoms with Crippen LogP contribution < -0.4 is 11.1 Å². The van der Waals surface area contributed by atoms with Gasteiger partial charge in [0.25, 0.3) is 0 Å². The highest BCUT2D eigenvalue weighted by Gasteiger charge is 2.34. The number of benzene rings is 1. The fraction of sp³-hybridized carbons (Fsp3) is 0.200. The maximum atomic E-state index is 12.6. The summed E-state index contributed by atoms with van der Waals surface area (Å²) in [6, 6.07) is 7.22. The van der Waals surface area contributed by atoms with Gasteiger partial charge in [-0.05, 0) is 6.92 Å². The molecule has 0 saturated carbocycles.